The van der Waals surface area contributed by atoms with E-state index in [1.54, 1.807) is 0 Å². The monoisotopic (exact) mass is 372 g/mol. The minimum Gasteiger partial charge on any atom is -0.432 e. The predicted octanol–water partition coefficient (Wildman–Crippen LogP) is 5.81. The minimum absolute atomic E-state index is 0.0636. The first kappa shape index (κ1) is 19.2. The van der Waals surface area contributed by atoms with Crippen LogP contribution in [0.25, 0.3) is 0 Å². The van der Waals surface area contributed by atoms with E-state index in [0.29, 0.717) is 62.2 Å². The van der Waals surface area contributed by atoms with Crippen molar-refractivity contribution in [1.82, 2.24) is 0 Å². The van der Waals surface area contributed by atoms with Crippen molar-refractivity contribution in [3.63, 3.8) is 0 Å². The number of ether oxygens (including phenoxy) is 1. The summed E-state index contributed by atoms with van der Waals surface area (Å²) in [5.74, 6) is -2.37. The van der Waals surface area contributed by atoms with E-state index in [2.05, 4.69) is 0 Å². The summed E-state index contributed by atoms with van der Waals surface area (Å²) in [6.07, 6.45) is 1.61. The van der Waals surface area contributed by atoms with E-state index >= 15 is 0 Å². The van der Waals surface area contributed by atoms with E-state index in [-0.39, 0.29) is 11.3 Å². The maximum Gasteiger partial charge on any atom is 0.400 e. The van der Waals surface area contributed by atoms with Crippen LogP contribution in [0.15, 0.2) is 12.1 Å². The number of benzene rings is 1. The summed E-state index contributed by atoms with van der Waals surface area (Å²) in [5.41, 5.74) is -0.0636. The van der Waals surface area contributed by atoms with Gasteiger partial charge in [-0.2, -0.15) is 8.78 Å². The highest BCUT2D eigenvalue weighted by atomic mass is 19.3. The van der Waals surface area contributed by atoms with Crippen molar-refractivity contribution in [3.05, 3.63) is 29.3 Å². The van der Waals surface area contributed by atoms with Gasteiger partial charge >= 0.3 is 6.11 Å². The number of halogens is 4. The van der Waals surface area contributed by atoms with Crippen LogP contribution in [0.2, 0.25) is 0 Å². The molecule has 144 valence electrons. The Morgan fingerprint density at radius 3 is 2.12 bits per heavy atom. The number of carbonyl (C=O) groups excluding carboxylic acids is 1. The third-order valence-corrected chi connectivity index (χ3v) is 5.94. The zero-order valence-corrected chi connectivity index (χ0v) is 14.9. The molecule has 0 spiro atoms. The van der Waals surface area contributed by atoms with Crippen molar-refractivity contribution in [2.24, 2.45) is 17.8 Å². The zero-order chi connectivity index (χ0) is 18.9. The smallest absolute Gasteiger partial charge is 0.400 e. The standard InChI is InChI=1S/C20H24F4O2/c1-12-10-17(11-18(21)19(12)22)26-20(23,24)15-6-2-13(3-7-15)14-4-8-16(25)9-5-14/h10-11,13-15H,2-9H2,1H3. The molecule has 0 amide bonds. The summed E-state index contributed by atoms with van der Waals surface area (Å²) in [6.45, 7) is 1.31. The molecule has 2 aliphatic carbocycles. The fraction of sp³-hybridized carbons (Fsp3) is 0.650. The van der Waals surface area contributed by atoms with Gasteiger partial charge in [-0.05, 0) is 68.9 Å². The Labute approximate surface area is 150 Å². The van der Waals surface area contributed by atoms with Gasteiger partial charge in [-0.3, -0.25) is 4.79 Å². The molecule has 2 aliphatic rings. The van der Waals surface area contributed by atoms with Crippen LogP contribution in [0.1, 0.15) is 56.9 Å². The van der Waals surface area contributed by atoms with Gasteiger partial charge in [-0.25, -0.2) is 8.78 Å². The van der Waals surface area contributed by atoms with Gasteiger partial charge in [-0.15, -0.1) is 0 Å². The third-order valence-electron chi connectivity index (χ3n) is 5.94. The Kier molecular flexibility index (Phi) is 5.58. The van der Waals surface area contributed by atoms with Crippen LogP contribution in [0.5, 0.6) is 5.75 Å². The van der Waals surface area contributed by atoms with Gasteiger partial charge in [0.15, 0.2) is 11.6 Å². The summed E-state index contributed by atoms with van der Waals surface area (Å²) in [5, 5.41) is 0. The maximum atomic E-state index is 14.5. The molecule has 0 heterocycles. The van der Waals surface area contributed by atoms with E-state index in [0.717, 1.165) is 18.9 Å². The molecule has 2 nitrogen and oxygen atoms in total. The van der Waals surface area contributed by atoms with Gasteiger partial charge in [-0.1, -0.05) is 0 Å². The van der Waals surface area contributed by atoms with Crippen molar-refractivity contribution in [1.29, 1.82) is 0 Å². The van der Waals surface area contributed by atoms with Crippen molar-refractivity contribution >= 4 is 5.78 Å². The Bertz CT molecular complexity index is 633. The van der Waals surface area contributed by atoms with Crippen LogP contribution >= 0.6 is 0 Å². The molecule has 0 bridgehead atoms. The van der Waals surface area contributed by atoms with Crippen molar-refractivity contribution < 1.29 is 27.1 Å². The molecule has 0 saturated heterocycles. The first-order chi connectivity index (χ1) is 12.3. The molecular weight excluding hydrogens is 348 g/mol. The molecule has 26 heavy (non-hydrogen) atoms. The van der Waals surface area contributed by atoms with Crippen LogP contribution in [-0.4, -0.2) is 11.9 Å². The SMILES string of the molecule is Cc1cc(OC(F)(F)C2CCC(C3CCC(=O)CC3)CC2)cc(F)c1F. The number of hydrogen-bond donors (Lipinski definition) is 0. The van der Waals surface area contributed by atoms with Gasteiger partial charge in [0.25, 0.3) is 0 Å². The normalized spacial score (nSPS) is 25.3. The number of carbonyl (C=O) groups is 1. The fourth-order valence-electron chi connectivity index (χ4n) is 4.35. The van der Waals surface area contributed by atoms with Gasteiger partial charge in [0, 0.05) is 18.9 Å². The van der Waals surface area contributed by atoms with Gasteiger partial charge < -0.3 is 4.74 Å². The number of rotatable bonds is 4. The molecule has 1 aromatic carbocycles. The average molecular weight is 372 g/mol. The lowest BCUT2D eigenvalue weighted by atomic mass is 9.70. The number of Topliss-reactive ketones (excluding diaryl/α,β-unsaturated/α-hetero) is 1. The Balaban J connectivity index is 1.58. The van der Waals surface area contributed by atoms with Crippen molar-refractivity contribution in [3.8, 4) is 5.75 Å². The predicted molar refractivity (Wildman–Crippen MR) is 89.1 cm³/mol. The molecule has 2 fully saturated rings. The first-order valence-corrected chi connectivity index (χ1v) is 9.30. The van der Waals surface area contributed by atoms with Crippen molar-refractivity contribution in [2.75, 3.05) is 0 Å². The molecule has 1 aromatic rings. The van der Waals surface area contributed by atoms with Gasteiger partial charge in [0.2, 0.25) is 0 Å². The lowest BCUT2D eigenvalue weighted by Crippen LogP contribution is -2.38. The number of aryl methyl sites for hydroxylation is 1. The molecule has 0 atom stereocenters. The highest BCUT2D eigenvalue weighted by Crippen LogP contribution is 2.44. The second kappa shape index (κ2) is 7.57. The molecule has 0 aliphatic heterocycles. The van der Waals surface area contributed by atoms with E-state index in [1.165, 1.54) is 6.92 Å². The largest absolute Gasteiger partial charge is 0.432 e. The van der Waals surface area contributed by atoms with Gasteiger partial charge in [0.05, 0.1) is 5.92 Å². The lowest BCUT2D eigenvalue weighted by molar-refractivity contribution is -0.224. The molecule has 0 aromatic heterocycles. The topological polar surface area (TPSA) is 26.3 Å². The average Bonchev–Trinajstić information content (AvgIpc) is 2.60. The molecule has 2 saturated carbocycles. The summed E-state index contributed by atoms with van der Waals surface area (Å²) in [4.78, 5) is 11.4. The second-order valence-electron chi connectivity index (χ2n) is 7.69. The number of ketones is 1. The highest BCUT2D eigenvalue weighted by molar-refractivity contribution is 5.79. The molecule has 6 heteroatoms. The van der Waals surface area contributed by atoms with E-state index in [9.17, 15) is 22.4 Å². The van der Waals surface area contributed by atoms with Crippen LogP contribution < -0.4 is 4.74 Å². The number of alkyl halides is 2. The van der Waals surface area contributed by atoms with E-state index < -0.39 is 23.7 Å². The van der Waals surface area contributed by atoms with Crippen LogP contribution in [-0.2, 0) is 4.79 Å². The highest BCUT2D eigenvalue weighted by Gasteiger charge is 2.45. The fourth-order valence-corrected chi connectivity index (χ4v) is 4.35. The van der Waals surface area contributed by atoms with Crippen molar-refractivity contribution in [2.45, 2.75) is 64.4 Å². The molecule has 3 rings (SSSR count). The molecule has 0 radical (unpaired) electrons. The van der Waals surface area contributed by atoms with E-state index in [1.807, 2.05) is 0 Å². The molecule has 0 N–H and O–H groups in total. The van der Waals surface area contributed by atoms with Crippen LogP contribution in [0.3, 0.4) is 0 Å². The Morgan fingerprint density at radius 1 is 0.962 bits per heavy atom. The Morgan fingerprint density at radius 2 is 1.54 bits per heavy atom. The van der Waals surface area contributed by atoms with E-state index in [4.69, 9.17) is 4.74 Å². The third kappa shape index (κ3) is 4.21. The number of hydrogen-bond acceptors (Lipinski definition) is 2. The quantitative estimate of drug-likeness (QED) is 0.624. The Hall–Kier alpha value is -1.59. The second-order valence-corrected chi connectivity index (χ2v) is 7.69. The summed E-state index contributed by atoms with van der Waals surface area (Å²) < 4.78 is 60.5. The minimum atomic E-state index is -3.41. The maximum absolute atomic E-state index is 14.5. The summed E-state index contributed by atoms with van der Waals surface area (Å²) in [6, 6.07) is 1.76. The summed E-state index contributed by atoms with van der Waals surface area (Å²) >= 11 is 0. The van der Waals surface area contributed by atoms with Crippen LogP contribution in [0, 0.1) is 36.3 Å². The molecular formula is C20H24F4O2. The first-order valence-electron chi connectivity index (χ1n) is 9.30. The van der Waals surface area contributed by atoms with Gasteiger partial charge in [0.1, 0.15) is 11.5 Å². The molecule has 0 unspecified atom stereocenters. The summed E-state index contributed by atoms with van der Waals surface area (Å²) in [7, 11) is 0. The lowest BCUT2D eigenvalue weighted by Gasteiger charge is -2.37. The van der Waals surface area contributed by atoms with Crippen LogP contribution in [0.4, 0.5) is 17.6 Å². The zero-order valence-electron chi connectivity index (χ0n) is 14.9.